The number of nitrogens with zero attached hydrogens (tertiary/aromatic N) is 3. The lowest BCUT2D eigenvalue weighted by Gasteiger charge is -2.06. The molecule has 8 nitrogen and oxygen atoms in total. The molecule has 0 bridgehead atoms. The van der Waals surface area contributed by atoms with Crippen LogP contribution >= 0.6 is 0 Å². The molecule has 0 spiro atoms. The number of amides is 1. The quantitative estimate of drug-likeness (QED) is 0.499. The first-order valence-electron chi connectivity index (χ1n) is 9.11. The highest BCUT2D eigenvalue weighted by Crippen LogP contribution is 2.25. The first-order chi connectivity index (χ1) is 14.5. The SMILES string of the molecule is O=C(CCn1cnc2onc(-c3cc(F)cc(F)c3)c2c1=O)NCCc1ccco1. The molecule has 0 unspecified atom stereocenters. The molecule has 4 aromatic rings. The molecule has 0 saturated carbocycles. The maximum atomic E-state index is 13.6. The van der Waals surface area contributed by atoms with E-state index in [1.165, 1.54) is 10.9 Å². The monoisotopic (exact) mass is 414 g/mol. The lowest BCUT2D eigenvalue weighted by Crippen LogP contribution is -2.29. The number of carbonyl (C=O) groups is 1. The summed E-state index contributed by atoms with van der Waals surface area (Å²) in [5.74, 6) is -1.10. The Labute approximate surface area is 168 Å². The minimum absolute atomic E-state index is 0.0132. The van der Waals surface area contributed by atoms with Crippen LogP contribution in [0.4, 0.5) is 8.78 Å². The number of carbonyl (C=O) groups excluding carboxylic acids is 1. The van der Waals surface area contributed by atoms with Crippen molar-refractivity contribution in [2.24, 2.45) is 0 Å². The summed E-state index contributed by atoms with van der Waals surface area (Å²) >= 11 is 0. The van der Waals surface area contributed by atoms with Gasteiger partial charge in [-0.1, -0.05) is 5.16 Å². The molecule has 154 valence electrons. The standard InChI is InChI=1S/C20H16F2N4O4/c21-13-8-12(9-14(22)10-13)18-17-19(30-25-18)24-11-26(20(17)28)6-4-16(27)23-5-3-15-2-1-7-29-15/h1-2,7-11H,3-6H2,(H,23,27). The zero-order valence-electron chi connectivity index (χ0n) is 15.6. The van der Waals surface area contributed by atoms with Gasteiger partial charge in [-0.05, 0) is 24.3 Å². The number of hydrogen-bond acceptors (Lipinski definition) is 6. The fraction of sp³-hybridized carbons (Fsp3) is 0.200. The Kier molecular flexibility index (Phi) is 5.38. The zero-order chi connectivity index (χ0) is 21.1. The summed E-state index contributed by atoms with van der Waals surface area (Å²) in [6.45, 7) is 0.468. The molecule has 0 radical (unpaired) electrons. The lowest BCUT2D eigenvalue weighted by atomic mass is 10.1. The van der Waals surface area contributed by atoms with Crippen molar-refractivity contribution >= 4 is 17.0 Å². The molecular weight excluding hydrogens is 398 g/mol. The third-order valence-corrected chi connectivity index (χ3v) is 4.45. The molecule has 0 fully saturated rings. The highest BCUT2D eigenvalue weighted by Gasteiger charge is 2.18. The molecular formula is C20H16F2N4O4. The maximum Gasteiger partial charge on any atom is 0.266 e. The van der Waals surface area contributed by atoms with Crippen LogP contribution in [0.25, 0.3) is 22.4 Å². The van der Waals surface area contributed by atoms with Gasteiger partial charge in [0.15, 0.2) is 0 Å². The van der Waals surface area contributed by atoms with E-state index in [4.69, 9.17) is 8.94 Å². The van der Waals surface area contributed by atoms with Crippen LogP contribution in [0.2, 0.25) is 0 Å². The summed E-state index contributed by atoms with van der Waals surface area (Å²) < 4.78 is 38.5. The van der Waals surface area contributed by atoms with E-state index in [1.807, 2.05) is 6.07 Å². The highest BCUT2D eigenvalue weighted by molar-refractivity contribution is 5.88. The van der Waals surface area contributed by atoms with Gasteiger partial charge in [0.05, 0.1) is 6.26 Å². The van der Waals surface area contributed by atoms with Crippen molar-refractivity contribution in [3.8, 4) is 11.3 Å². The topological polar surface area (TPSA) is 103 Å². The number of aromatic nitrogens is 3. The second-order valence-corrected chi connectivity index (χ2v) is 6.54. The van der Waals surface area contributed by atoms with E-state index < -0.39 is 17.2 Å². The number of fused-ring (bicyclic) bond motifs is 1. The molecule has 30 heavy (non-hydrogen) atoms. The van der Waals surface area contributed by atoms with Crippen LogP contribution in [0.15, 0.2) is 56.7 Å². The predicted octanol–water partition coefficient (Wildman–Crippen LogP) is 2.67. The van der Waals surface area contributed by atoms with E-state index in [9.17, 15) is 18.4 Å². The number of hydrogen-bond donors (Lipinski definition) is 1. The number of benzene rings is 1. The van der Waals surface area contributed by atoms with Crippen LogP contribution in [0.1, 0.15) is 12.2 Å². The summed E-state index contributed by atoms with van der Waals surface area (Å²) in [5.41, 5.74) is -0.542. The Balaban J connectivity index is 1.49. The third kappa shape index (κ3) is 4.12. The maximum absolute atomic E-state index is 13.6. The van der Waals surface area contributed by atoms with Gasteiger partial charge in [0.1, 0.15) is 34.8 Å². The number of rotatable bonds is 7. The highest BCUT2D eigenvalue weighted by atomic mass is 19.1. The predicted molar refractivity (Wildman–Crippen MR) is 101 cm³/mol. The average molecular weight is 414 g/mol. The lowest BCUT2D eigenvalue weighted by molar-refractivity contribution is -0.121. The van der Waals surface area contributed by atoms with Gasteiger partial charge in [-0.3, -0.25) is 14.2 Å². The number of nitrogens with one attached hydrogen (secondary N) is 1. The first kappa shape index (κ1) is 19.5. The van der Waals surface area contributed by atoms with Crippen molar-refractivity contribution < 1.29 is 22.5 Å². The van der Waals surface area contributed by atoms with Gasteiger partial charge >= 0.3 is 0 Å². The molecule has 0 atom stereocenters. The van der Waals surface area contributed by atoms with Crippen molar-refractivity contribution in [1.29, 1.82) is 0 Å². The van der Waals surface area contributed by atoms with Crippen molar-refractivity contribution in [2.45, 2.75) is 19.4 Å². The molecule has 0 aliphatic heterocycles. The fourth-order valence-electron chi connectivity index (χ4n) is 3.02. The third-order valence-electron chi connectivity index (χ3n) is 4.45. The number of halogens is 2. The van der Waals surface area contributed by atoms with Gasteiger partial charge in [-0.2, -0.15) is 0 Å². The minimum atomic E-state index is -0.809. The van der Waals surface area contributed by atoms with Crippen LogP contribution in [0.3, 0.4) is 0 Å². The number of aryl methyl sites for hydroxylation is 1. The molecule has 1 amide bonds. The number of furan rings is 1. The van der Waals surface area contributed by atoms with Gasteiger partial charge in [0, 0.05) is 37.6 Å². The molecule has 4 rings (SSSR count). The minimum Gasteiger partial charge on any atom is -0.469 e. The second kappa shape index (κ2) is 8.27. The van der Waals surface area contributed by atoms with Gasteiger partial charge < -0.3 is 14.3 Å². The molecule has 3 aromatic heterocycles. The first-order valence-corrected chi connectivity index (χ1v) is 9.11. The Hall–Kier alpha value is -3.82. The Morgan fingerprint density at radius 3 is 2.73 bits per heavy atom. The summed E-state index contributed by atoms with van der Waals surface area (Å²) in [6.07, 6.45) is 3.40. The van der Waals surface area contributed by atoms with E-state index in [0.29, 0.717) is 19.0 Å². The van der Waals surface area contributed by atoms with Gasteiger partial charge in [0.2, 0.25) is 5.91 Å². The molecule has 0 aliphatic carbocycles. The van der Waals surface area contributed by atoms with E-state index >= 15 is 0 Å². The summed E-state index contributed by atoms with van der Waals surface area (Å²) in [4.78, 5) is 28.9. The van der Waals surface area contributed by atoms with E-state index in [0.717, 1.165) is 17.9 Å². The van der Waals surface area contributed by atoms with E-state index in [-0.39, 0.29) is 41.2 Å². The average Bonchev–Trinajstić information content (AvgIpc) is 3.37. The Morgan fingerprint density at radius 1 is 1.20 bits per heavy atom. The zero-order valence-corrected chi connectivity index (χ0v) is 15.6. The van der Waals surface area contributed by atoms with E-state index in [2.05, 4.69) is 15.5 Å². The van der Waals surface area contributed by atoms with Gasteiger partial charge in [-0.25, -0.2) is 13.8 Å². The molecule has 3 heterocycles. The van der Waals surface area contributed by atoms with Gasteiger partial charge in [0.25, 0.3) is 11.3 Å². The van der Waals surface area contributed by atoms with E-state index in [1.54, 1.807) is 12.3 Å². The molecule has 1 N–H and O–H groups in total. The molecule has 10 heteroatoms. The summed E-state index contributed by atoms with van der Waals surface area (Å²) in [6, 6.07) is 6.39. The van der Waals surface area contributed by atoms with Crippen molar-refractivity contribution in [3.63, 3.8) is 0 Å². The summed E-state index contributed by atoms with van der Waals surface area (Å²) in [5, 5.41) is 6.47. The molecule has 0 aliphatic rings. The Morgan fingerprint density at radius 2 is 2.00 bits per heavy atom. The van der Waals surface area contributed by atoms with Crippen molar-refractivity contribution in [2.75, 3.05) is 6.54 Å². The van der Waals surface area contributed by atoms with Crippen LogP contribution in [-0.2, 0) is 17.8 Å². The van der Waals surface area contributed by atoms with Crippen LogP contribution in [0.5, 0.6) is 0 Å². The van der Waals surface area contributed by atoms with Crippen LogP contribution in [0, 0.1) is 11.6 Å². The normalized spacial score (nSPS) is 11.1. The smallest absolute Gasteiger partial charge is 0.266 e. The van der Waals surface area contributed by atoms with Crippen molar-refractivity contribution in [1.82, 2.24) is 20.0 Å². The second-order valence-electron chi connectivity index (χ2n) is 6.54. The van der Waals surface area contributed by atoms with Crippen LogP contribution in [-0.4, -0.2) is 27.2 Å². The van der Waals surface area contributed by atoms with Crippen molar-refractivity contribution in [3.05, 3.63) is 70.7 Å². The molecule has 0 saturated heterocycles. The summed E-state index contributed by atoms with van der Waals surface area (Å²) in [7, 11) is 0. The Bertz CT molecular complexity index is 1230. The van der Waals surface area contributed by atoms with Crippen LogP contribution < -0.4 is 10.9 Å². The molecule has 1 aromatic carbocycles. The fourth-order valence-corrected chi connectivity index (χ4v) is 3.02. The largest absolute Gasteiger partial charge is 0.469 e. The van der Waals surface area contributed by atoms with Gasteiger partial charge in [-0.15, -0.1) is 0 Å².